The zero-order valence-electron chi connectivity index (χ0n) is 12.1. The minimum Gasteiger partial charge on any atom is -0.302 e. The molecule has 0 spiro atoms. The van der Waals surface area contributed by atoms with Gasteiger partial charge < -0.3 is 4.90 Å². The van der Waals surface area contributed by atoms with E-state index in [1.807, 2.05) is 0 Å². The van der Waals surface area contributed by atoms with Crippen LogP contribution in [0.3, 0.4) is 0 Å². The third-order valence-electron chi connectivity index (χ3n) is 4.79. The highest BCUT2D eigenvalue weighted by Crippen LogP contribution is 2.37. The second kappa shape index (κ2) is 6.72. The van der Waals surface area contributed by atoms with Crippen molar-refractivity contribution in [2.45, 2.75) is 70.4 Å². The monoisotopic (exact) mass is 241 g/mol. The van der Waals surface area contributed by atoms with Gasteiger partial charge in [0, 0.05) is 11.6 Å². The van der Waals surface area contributed by atoms with Crippen LogP contribution in [0.25, 0.3) is 0 Å². The highest BCUT2D eigenvalue weighted by molar-refractivity contribution is 5.00. The van der Waals surface area contributed by atoms with Gasteiger partial charge in [0.1, 0.15) is 0 Å². The van der Waals surface area contributed by atoms with Crippen LogP contribution in [0.4, 0.5) is 0 Å². The minimum atomic E-state index is 0.274. The predicted octanol–water partition coefficient (Wildman–Crippen LogP) is 2.52. The van der Waals surface area contributed by atoms with E-state index in [2.05, 4.69) is 38.3 Å². The Labute approximate surface area is 107 Å². The molecule has 1 aliphatic rings. The van der Waals surface area contributed by atoms with Crippen molar-refractivity contribution < 1.29 is 0 Å². The summed E-state index contributed by atoms with van der Waals surface area (Å²) in [5, 5.41) is 0. The highest BCUT2D eigenvalue weighted by Gasteiger charge is 2.41. The van der Waals surface area contributed by atoms with Crippen LogP contribution in [0.5, 0.6) is 0 Å². The first-order chi connectivity index (χ1) is 8.06. The van der Waals surface area contributed by atoms with Crippen molar-refractivity contribution in [3.05, 3.63) is 0 Å². The number of rotatable bonds is 6. The Balaban J connectivity index is 2.78. The van der Waals surface area contributed by atoms with Gasteiger partial charge in [-0.25, -0.2) is 0 Å². The quantitative estimate of drug-likeness (QED) is 0.554. The third kappa shape index (κ3) is 3.43. The lowest BCUT2D eigenvalue weighted by atomic mass is 9.73. The molecule has 0 radical (unpaired) electrons. The fourth-order valence-electron chi connectivity index (χ4n) is 3.28. The number of nitrogens with one attached hydrogen (secondary N) is 1. The van der Waals surface area contributed by atoms with Crippen LogP contribution in [0.15, 0.2) is 0 Å². The lowest BCUT2D eigenvalue weighted by Gasteiger charge is -2.49. The Morgan fingerprint density at radius 2 is 1.82 bits per heavy atom. The number of nitrogens with two attached hydrogens (primary N) is 1. The zero-order chi connectivity index (χ0) is 12.9. The van der Waals surface area contributed by atoms with Crippen molar-refractivity contribution in [3.63, 3.8) is 0 Å². The first kappa shape index (κ1) is 14.9. The van der Waals surface area contributed by atoms with Crippen molar-refractivity contribution in [2.24, 2.45) is 11.8 Å². The second-order valence-electron chi connectivity index (χ2n) is 6.03. The predicted molar refractivity (Wildman–Crippen MR) is 74.7 cm³/mol. The van der Waals surface area contributed by atoms with E-state index in [9.17, 15) is 0 Å². The van der Waals surface area contributed by atoms with Gasteiger partial charge in [0.05, 0.1) is 0 Å². The average molecular weight is 241 g/mol. The molecule has 0 aromatic heterocycles. The van der Waals surface area contributed by atoms with Crippen molar-refractivity contribution in [1.82, 2.24) is 10.3 Å². The molecule has 0 aromatic carbocycles. The summed E-state index contributed by atoms with van der Waals surface area (Å²) in [6.07, 6.45) is 9.06. The van der Waals surface area contributed by atoms with Crippen molar-refractivity contribution >= 4 is 0 Å². The molecule has 3 heteroatoms. The van der Waals surface area contributed by atoms with E-state index in [1.54, 1.807) is 0 Å². The SMILES string of the molecule is CCC(C)CC(NN)C1(N(C)C)CCCCC1. The van der Waals surface area contributed by atoms with Gasteiger partial charge in [-0.15, -0.1) is 0 Å². The van der Waals surface area contributed by atoms with Gasteiger partial charge in [0.2, 0.25) is 0 Å². The summed E-state index contributed by atoms with van der Waals surface area (Å²) in [5.74, 6) is 6.60. The molecule has 2 unspecified atom stereocenters. The summed E-state index contributed by atoms with van der Waals surface area (Å²) >= 11 is 0. The maximum atomic E-state index is 5.85. The summed E-state index contributed by atoms with van der Waals surface area (Å²) in [7, 11) is 4.43. The summed E-state index contributed by atoms with van der Waals surface area (Å²) < 4.78 is 0. The van der Waals surface area contributed by atoms with Crippen LogP contribution < -0.4 is 11.3 Å². The molecule has 0 aromatic rings. The van der Waals surface area contributed by atoms with Crippen LogP contribution in [0.1, 0.15) is 58.8 Å². The van der Waals surface area contributed by atoms with E-state index in [0.717, 1.165) is 5.92 Å². The van der Waals surface area contributed by atoms with Gasteiger partial charge in [-0.1, -0.05) is 39.5 Å². The van der Waals surface area contributed by atoms with Gasteiger partial charge in [-0.2, -0.15) is 0 Å². The summed E-state index contributed by atoms with van der Waals surface area (Å²) in [5.41, 5.74) is 3.39. The molecule has 0 saturated heterocycles. The van der Waals surface area contributed by atoms with Crippen LogP contribution >= 0.6 is 0 Å². The molecule has 1 aliphatic carbocycles. The second-order valence-corrected chi connectivity index (χ2v) is 6.03. The number of nitrogens with zero attached hydrogens (tertiary/aromatic N) is 1. The van der Waals surface area contributed by atoms with Crippen molar-refractivity contribution in [1.29, 1.82) is 0 Å². The Hall–Kier alpha value is -0.120. The Kier molecular flexibility index (Phi) is 5.90. The van der Waals surface area contributed by atoms with Gasteiger partial charge >= 0.3 is 0 Å². The third-order valence-corrected chi connectivity index (χ3v) is 4.79. The molecule has 2 atom stereocenters. The van der Waals surface area contributed by atoms with Gasteiger partial charge in [0.25, 0.3) is 0 Å². The fraction of sp³-hybridized carbons (Fsp3) is 1.00. The van der Waals surface area contributed by atoms with E-state index >= 15 is 0 Å². The molecule has 1 fully saturated rings. The molecule has 0 aliphatic heterocycles. The molecule has 0 bridgehead atoms. The maximum Gasteiger partial charge on any atom is 0.0397 e. The molecule has 1 rings (SSSR count). The normalized spacial score (nSPS) is 23.6. The number of hydrazine groups is 1. The highest BCUT2D eigenvalue weighted by atomic mass is 15.3. The molecular formula is C14H31N3. The van der Waals surface area contributed by atoms with E-state index in [4.69, 9.17) is 5.84 Å². The number of likely N-dealkylation sites (N-methyl/N-ethyl adjacent to an activating group) is 1. The molecule has 1 saturated carbocycles. The van der Waals surface area contributed by atoms with E-state index in [1.165, 1.54) is 44.9 Å². The lowest BCUT2D eigenvalue weighted by Crippen LogP contribution is -2.61. The molecule has 0 heterocycles. The van der Waals surface area contributed by atoms with Gasteiger partial charge in [0.15, 0.2) is 0 Å². The minimum absolute atomic E-state index is 0.274. The first-order valence-electron chi connectivity index (χ1n) is 7.20. The van der Waals surface area contributed by atoms with E-state index in [-0.39, 0.29) is 5.54 Å². The van der Waals surface area contributed by atoms with Gasteiger partial charge in [-0.3, -0.25) is 11.3 Å². The zero-order valence-corrected chi connectivity index (χ0v) is 12.1. The maximum absolute atomic E-state index is 5.85. The van der Waals surface area contributed by atoms with E-state index < -0.39 is 0 Å². The van der Waals surface area contributed by atoms with Crippen LogP contribution in [-0.2, 0) is 0 Å². The lowest BCUT2D eigenvalue weighted by molar-refractivity contribution is 0.0474. The van der Waals surface area contributed by atoms with Crippen molar-refractivity contribution in [2.75, 3.05) is 14.1 Å². The standard InChI is InChI=1S/C14H31N3/c1-5-12(2)11-13(16-15)14(17(3)4)9-7-6-8-10-14/h12-13,16H,5-11,15H2,1-4H3. The van der Waals surface area contributed by atoms with Crippen LogP contribution in [-0.4, -0.2) is 30.6 Å². The molecule has 102 valence electrons. The average Bonchev–Trinajstić information content (AvgIpc) is 2.36. The van der Waals surface area contributed by atoms with Crippen LogP contribution in [0, 0.1) is 5.92 Å². The molecule has 17 heavy (non-hydrogen) atoms. The number of hydrogen-bond donors (Lipinski definition) is 2. The topological polar surface area (TPSA) is 41.3 Å². The Morgan fingerprint density at radius 1 is 1.24 bits per heavy atom. The smallest absolute Gasteiger partial charge is 0.0397 e. The first-order valence-corrected chi connectivity index (χ1v) is 7.20. The molecule has 3 N–H and O–H groups in total. The summed E-state index contributed by atoms with van der Waals surface area (Å²) in [6.45, 7) is 4.60. The summed E-state index contributed by atoms with van der Waals surface area (Å²) in [6, 6.07) is 0.424. The van der Waals surface area contributed by atoms with Crippen LogP contribution in [0.2, 0.25) is 0 Å². The van der Waals surface area contributed by atoms with Gasteiger partial charge in [-0.05, 0) is 39.3 Å². The Morgan fingerprint density at radius 3 is 2.24 bits per heavy atom. The van der Waals surface area contributed by atoms with Crippen molar-refractivity contribution in [3.8, 4) is 0 Å². The Bertz CT molecular complexity index is 210. The number of hydrogen-bond acceptors (Lipinski definition) is 3. The molecule has 3 nitrogen and oxygen atoms in total. The largest absolute Gasteiger partial charge is 0.302 e. The molecular weight excluding hydrogens is 210 g/mol. The fourth-order valence-corrected chi connectivity index (χ4v) is 3.28. The molecule has 0 amide bonds. The van der Waals surface area contributed by atoms with E-state index in [0.29, 0.717) is 6.04 Å². The summed E-state index contributed by atoms with van der Waals surface area (Å²) in [4.78, 5) is 2.42.